The summed E-state index contributed by atoms with van der Waals surface area (Å²) in [4.78, 5) is 22.2. The molecule has 1 aliphatic rings. The first-order chi connectivity index (χ1) is 7.68. The van der Waals surface area contributed by atoms with Gasteiger partial charge in [-0.25, -0.2) is 0 Å². The zero-order valence-electron chi connectivity index (χ0n) is 8.56. The van der Waals surface area contributed by atoms with E-state index in [4.69, 9.17) is 0 Å². The summed E-state index contributed by atoms with van der Waals surface area (Å²) >= 11 is 0. The van der Waals surface area contributed by atoms with Gasteiger partial charge in [-0.1, -0.05) is 30.3 Å². The van der Waals surface area contributed by atoms with Gasteiger partial charge in [0.25, 0.3) is 11.8 Å². The standard InChI is InChI=1S/C12H11NO3/c14-10-9(11(15)13-12(10)16)7-6-8-4-2-1-3-5-8/h1-5H,6-7H2,(H2,13,14,15,16). The van der Waals surface area contributed by atoms with Crippen LogP contribution in [0.1, 0.15) is 12.0 Å². The van der Waals surface area contributed by atoms with Gasteiger partial charge in [0.2, 0.25) is 0 Å². The molecule has 1 heterocycles. The molecule has 1 aromatic carbocycles. The Hall–Kier alpha value is -2.10. The van der Waals surface area contributed by atoms with Crippen LogP contribution in [-0.4, -0.2) is 16.9 Å². The van der Waals surface area contributed by atoms with Gasteiger partial charge in [0.1, 0.15) is 0 Å². The van der Waals surface area contributed by atoms with Crippen LogP contribution in [0, 0.1) is 0 Å². The van der Waals surface area contributed by atoms with Crippen molar-refractivity contribution in [1.82, 2.24) is 5.32 Å². The molecular formula is C12H11NO3. The summed E-state index contributed by atoms with van der Waals surface area (Å²) in [6, 6.07) is 9.59. The number of hydrogen-bond donors (Lipinski definition) is 2. The van der Waals surface area contributed by atoms with E-state index in [-0.39, 0.29) is 5.57 Å². The Labute approximate surface area is 92.6 Å². The van der Waals surface area contributed by atoms with Gasteiger partial charge in [0, 0.05) is 0 Å². The molecule has 2 rings (SSSR count). The van der Waals surface area contributed by atoms with Crippen molar-refractivity contribution in [3.05, 3.63) is 47.2 Å². The molecule has 2 amide bonds. The first-order valence-electron chi connectivity index (χ1n) is 5.00. The van der Waals surface area contributed by atoms with E-state index in [9.17, 15) is 14.7 Å². The van der Waals surface area contributed by atoms with E-state index in [2.05, 4.69) is 5.32 Å². The van der Waals surface area contributed by atoms with Gasteiger partial charge in [-0.15, -0.1) is 0 Å². The Balaban J connectivity index is 2.06. The van der Waals surface area contributed by atoms with Gasteiger partial charge in [0.05, 0.1) is 5.57 Å². The van der Waals surface area contributed by atoms with Crippen molar-refractivity contribution in [2.24, 2.45) is 0 Å². The molecule has 0 aliphatic carbocycles. The van der Waals surface area contributed by atoms with E-state index in [1.54, 1.807) is 0 Å². The van der Waals surface area contributed by atoms with Crippen molar-refractivity contribution in [3.8, 4) is 0 Å². The molecule has 1 aromatic rings. The van der Waals surface area contributed by atoms with Gasteiger partial charge >= 0.3 is 0 Å². The third-order valence-electron chi connectivity index (χ3n) is 2.51. The van der Waals surface area contributed by atoms with Crippen LogP contribution in [0.2, 0.25) is 0 Å². The normalized spacial score (nSPS) is 15.5. The number of carbonyl (C=O) groups excluding carboxylic acids is 2. The molecule has 0 bridgehead atoms. The lowest BCUT2D eigenvalue weighted by atomic mass is 10.0. The number of aryl methyl sites for hydroxylation is 1. The van der Waals surface area contributed by atoms with Crippen LogP contribution in [0.25, 0.3) is 0 Å². The number of aliphatic hydroxyl groups excluding tert-OH is 1. The zero-order chi connectivity index (χ0) is 11.5. The van der Waals surface area contributed by atoms with E-state index in [0.717, 1.165) is 5.56 Å². The summed E-state index contributed by atoms with van der Waals surface area (Å²) in [5, 5.41) is 11.4. The number of rotatable bonds is 3. The van der Waals surface area contributed by atoms with Gasteiger partial charge in [-0.05, 0) is 18.4 Å². The number of amides is 2. The second-order valence-corrected chi connectivity index (χ2v) is 3.60. The highest BCUT2D eigenvalue weighted by Gasteiger charge is 2.29. The Morgan fingerprint density at radius 2 is 1.69 bits per heavy atom. The van der Waals surface area contributed by atoms with E-state index in [0.29, 0.717) is 12.8 Å². The first kappa shape index (κ1) is 10.4. The van der Waals surface area contributed by atoms with E-state index >= 15 is 0 Å². The molecule has 0 radical (unpaired) electrons. The minimum absolute atomic E-state index is 0.175. The number of imide groups is 1. The third-order valence-corrected chi connectivity index (χ3v) is 2.51. The number of benzene rings is 1. The molecule has 0 unspecified atom stereocenters. The molecule has 0 fully saturated rings. The third kappa shape index (κ3) is 1.95. The van der Waals surface area contributed by atoms with Crippen molar-refractivity contribution >= 4 is 11.8 Å². The van der Waals surface area contributed by atoms with E-state index < -0.39 is 17.6 Å². The topological polar surface area (TPSA) is 66.4 Å². The zero-order valence-corrected chi connectivity index (χ0v) is 8.56. The fraction of sp³-hybridized carbons (Fsp3) is 0.167. The highest BCUT2D eigenvalue weighted by molar-refractivity contribution is 6.18. The van der Waals surface area contributed by atoms with Crippen LogP contribution in [0.4, 0.5) is 0 Å². The van der Waals surface area contributed by atoms with Crippen LogP contribution in [0.3, 0.4) is 0 Å². The average Bonchev–Trinajstić information content (AvgIpc) is 2.53. The summed E-state index contributed by atoms with van der Waals surface area (Å²) < 4.78 is 0. The fourth-order valence-electron chi connectivity index (χ4n) is 1.63. The Bertz CT molecular complexity index is 462. The molecule has 0 saturated carbocycles. The molecule has 0 saturated heterocycles. The number of hydrogen-bond acceptors (Lipinski definition) is 3. The van der Waals surface area contributed by atoms with Gasteiger partial charge < -0.3 is 5.11 Å². The van der Waals surface area contributed by atoms with Crippen LogP contribution < -0.4 is 5.32 Å². The quantitative estimate of drug-likeness (QED) is 0.745. The lowest BCUT2D eigenvalue weighted by molar-refractivity contribution is -0.125. The first-order valence-corrected chi connectivity index (χ1v) is 5.00. The van der Waals surface area contributed by atoms with E-state index in [1.165, 1.54) is 0 Å². The van der Waals surface area contributed by atoms with Crippen molar-refractivity contribution in [1.29, 1.82) is 0 Å². The van der Waals surface area contributed by atoms with Gasteiger partial charge in [-0.2, -0.15) is 0 Å². The van der Waals surface area contributed by atoms with Crippen molar-refractivity contribution in [2.75, 3.05) is 0 Å². The van der Waals surface area contributed by atoms with Crippen molar-refractivity contribution in [2.45, 2.75) is 12.8 Å². The monoisotopic (exact) mass is 217 g/mol. The fourth-order valence-corrected chi connectivity index (χ4v) is 1.63. The molecule has 1 aliphatic heterocycles. The molecule has 0 spiro atoms. The van der Waals surface area contributed by atoms with Crippen LogP contribution >= 0.6 is 0 Å². The van der Waals surface area contributed by atoms with Gasteiger partial charge in [0.15, 0.2) is 5.76 Å². The molecule has 4 heteroatoms. The van der Waals surface area contributed by atoms with Crippen LogP contribution in [0.5, 0.6) is 0 Å². The summed E-state index contributed by atoms with van der Waals surface area (Å²) in [5.74, 6) is -1.63. The lowest BCUT2D eigenvalue weighted by Gasteiger charge is -2.00. The van der Waals surface area contributed by atoms with Crippen molar-refractivity contribution < 1.29 is 14.7 Å². The average molecular weight is 217 g/mol. The van der Waals surface area contributed by atoms with E-state index in [1.807, 2.05) is 30.3 Å². The molecule has 4 nitrogen and oxygen atoms in total. The summed E-state index contributed by atoms with van der Waals surface area (Å²) in [7, 11) is 0. The molecule has 82 valence electrons. The second kappa shape index (κ2) is 4.18. The maximum absolute atomic E-state index is 11.3. The highest BCUT2D eigenvalue weighted by atomic mass is 16.3. The molecule has 0 aromatic heterocycles. The Kier molecular flexibility index (Phi) is 2.72. The molecular weight excluding hydrogens is 206 g/mol. The largest absolute Gasteiger partial charge is 0.503 e. The van der Waals surface area contributed by atoms with Crippen LogP contribution in [-0.2, 0) is 16.0 Å². The summed E-state index contributed by atoms with van der Waals surface area (Å²) in [6.45, 7) is 0. The predicted octanol–water partition coefficient (Wildman–Crippen LogP) is 1.09. The smallest absolute Gasteiger partial charge is 0.293 e. The Morgan fingerprint density at radius 1 is 1.00 bits per heavy atom. The van der Waals surface area contributed by atoms with Gasteiger partial charge in [-0.3, -0.25) is 14.9 Å². The molecule has 2 N–H and O–H groups in total. The molecule has 16 heavy (non-hydrogen) atoms. The molecule has 0 atom stereocenters. The number of carbonyl (C=O) groups is 2. The van der Waals surface area contributed by atoms with Crippen molar-refractivity contribution in [3.63, 3.8) is 0 Å². The second-order valence-electron chi connectivity index (χ2n) is 3.60. The summed E-state index contributed by atoms with van der Waals surface area (Å²) in [5.41, 5.74) is 1.24. The maximum Gasteiger partial charge on any atom is 0.293 e. The summed E-state index contributed by atoms with van der Waals surface area (Å²) in [6.07, 6.45) is 0.994. The predicted molar refractivity (Wildman–Crippen MR) is 57.6 cm³/mol. The minimum atomic E-state index is -0.701. The SMILES string of the molecule is O=C1NC(=O)C(CCc2ccccc2)=C1O. The maximum atomic E-state index is 11.3. The highest BCUT2D eigenvalue weighted by Crippen LogP contribution is 2.16. The lowest BCUT2D eigenvalue weighted by Crippen LogP contribution is -2.23. The number of aliphatic hydroxyl groups is 1. The minimum Gasteiger partial charge on any atom is -0.503 e. The Morgan fingerprint density at radius 3 is 2.25 bits per heavy atom. The van der Waals surface area contributed by atoms with Crippen LogP contribution in [0.15, 0.2) is 41.7 Å². The number of nitrogens with one attached hydrogen (secondary N) is 1.